The largest absolute Gasteiger partial charge is 0.338 e. The van der Waals surface area contributed by atoms with Crippen LogP contribution in [0.4, 0.5) is 0 Å². The van der Waals surface area contributed by atoms with Gasteiger partial charge in [-0.05, 0) is 25.0 Å². The van der Waals surface area contributed by atoms with Gasteiger partial charge in [0.15, 0.2) is 5.82 Å². The molecule has 1 aromatic carbocycles. The van der Waals surface area contributed by atoms with E-state index in [0.29, 0.717) is 17.3 Å². The van der Waals surface area contributed by atoms with Crippen LogP contribution in [0.1, 0.15) is 73.9 Å². The number of aromatic nitrogens is 2. The molecule has 5 heteroatoms. The molecule has 0 bridgehead atoms. The van der Waals surface area contributed by atoms with Crippen molar-refractivity contribution < 1.29 is 9.32 Å². The van der Waals surface area contributed by atoms with Crippen LogP contribution in [0.5, 0.6) is 0 Å². The van der Waals surface area contributed by atoms with Crippen molar-refractivity contribution in [1.82, 2.24) is 15.5 Å². The zero-order valence-electron chi connectivity index (χ0n) is 13.7. The number of benzene rings is 1. The number of nitrogens with zero attached hydrogens (tertiary/aromatic N) is 2. The Kier molecular flexibility index (Phi) is 4.46. The van der Waals surface area contributed by atoms with Crippen molar-refractivity contribution in [3.63, 3.8) is 0 Å². The quantitative estimate of drug-likeness (QED) is 0.932. The number of carbonyl (C=O) groups is 1. The van der Waals surface area contributed by atoms with Crippen LogP contribution in [0.15, 0.2) is 34.9 Å². The molecular formula is C18H23N3O2. The normalized spacial score (nSPS) is 17.2. The monoisotopic (exact) mass is 313 g/mol. The summed E-state index contributed by atoms with van der Waals surface area (Å²) in [4.78, 5) is 17.2. The topological polar surface area (TPSA) is 68.0 Å². The lowest BCUT2D eigenvalue weighted by Gasteiger charge is -2.34. The van der Waals surface area contributed by atoms with Gasteiger partial charge in [-0.1, -0.05) is 56.5 Å². The van der Waals surface area contributed by atoms with E-state index in [4.69, 9.17) is 4.52 Å². The Labute approximate surface area is 136 Å². The van der Waals surface area contributed by atoms with Crippen LogP contribution < -0.4 is 5.32 Å². The molecule has 1 amide bonds. The molecule has 3 rings (SSSR count). The van der Waals surface area contributed by atoms with E-state index in [0.717, 1.165) is 25.7 Å². The predicted octanol–water partition coefficient (Wildman–Crippen LogP) is 3.78. The fourth-order valence-electron chi connectivity index (χ4n) is 3.09. The van der Waals surface area contributed by atoms with E-state index in [1.165, 1.54) is 6.42 Å². The minimum Gasteiger partial charge on any atom is -0.338 e. The van der Waals surface area contributed by atoms with Gasteiger partial charge in [-0.2, -0.15) is 4.98 Å². The van der Waals surface area contributed by atoms with Crippen LogP contribution >= 0.6 is 0 Å². The average Bonchev–Trinajstić information content (AvgIpc) is 3.07. The molecule has 2 aromatic rings. The van der Waals surface area contributed by atoms with Gasteiger partial charge in [0.05, 0.1) is 0 Å². The minimum atomic E-state index is -0.536. The van der Waals surface area contributed by atoms with Gasteiger partial charge < -0.3 is 9.84 Å². The zero-order valence-corrected chi connectivity index (χ0v) is 13.7. The van der Waals surface area contributed by atoms with Crippen LogP contribution in [0.25, 0.3) is 0 Å². The van der Waals surface area contributed by atoms with E-state index >= 15 is 0 Å². The average molecular weight is 313 g/mol. The van der Waals surface area contributed by atoms with E-state index in [1.54, 1.807) is 0 Å². The standard InChI is InChI=1S/C18H23N3O2/c1-13(2)15-19-17(23-21-15)18(11-7-4-8-12-18)20-16(22)14-9-5-3-6-10-14/h3,5-6,9-10,13H,4,7-8,11-12H2,1-2H3,(H,20,22). The van der Waals surface area contributed by atoms with Crippen LogP contribution in [-0.4, -0.2) is 16.0 Å². The van der Waals surface area contributed by atoms with Crippen molar-refractivity contribution in [3.8, 4) is 0 Å². The maximum absolute atomic E-state index is 12.6. The highest BCUT2D eigenvalue weighted by Gasteiger charge is 2.41. The third-order valence-electron chi connectivity index (χ3n) is 4.46. The summed E-state index contributed by atoms with van der Waals surface area (Å²) in [5.74, 6) is 1.36. The first-order valence-corrected chi connectivity index (χ1v) is 8.32. The van der Waals surface area contributed by atoms with Crippen LogP contribution in [0, 0.1) is 0 Å². The molecule has 0 radical (unpaired) electrons. The maximum atomic E-state index is 12.6. The first kappa shape index (κ1) is 15.7. The van der Waals surface area contributed by atoms with Gasteiger partial charge in [0.1, 0.15) is 5.54 Å². The number of rotatable bonds is 4. The molecule has 0 atom stereocenters. The molecule has 0 saturated heterocycles. The van der Waals surface area contributed by atoms with Gasteiger partial charge in [0.2, 0.25) is 0 Å². The van der Waals surface area contributed by atoms with Gasteiger partial charge in [-0.3, -0.25) is 4.79 Å². The van der Waals surface area contributed by atoms with E-state index < -0.39 is 5.54 Å². The lowest BCUT2D eigenvalue weighted by molar-refractivity contribution is 0.0824. The molecule has 0 unspecified atom stereocenters. The SMILES string of the molecule is CC(C)c1noc(C2(NC(=O)c3ccccc3)CCCCC2)n1. The molecule has 1 aliphatic carbocycles. The first-order valence-electron chi connectivity index (χ1n) is 8.32. The Bertz CT molecular complexity index is 658. The second-order valence-corrected chi connectivity index (χ2v) is 6.58. The third-order valence-corrected chi connectivity index (χ3v) is 4.46. The fraction of sp³-hybridized carbons (Fsp3) is 0.500. The second kappa shape index (κ2) is 6.52. The van der Waals surface area contributed by atoms with Crippen LogP contribution in [-0.2, 0) is 5.54 Å². The van der Waals surface area contributed by atoms with Crippen molar-refractivity contribution in [2.24, 2.45) is 0 Å². The Morgan fingerprint density at radius 3 is 2.48 bits per heavy atom. The van der Waals surface area contributed by atoms with Gasteiger partial charge in [0.25, 0.3) is 11.8 Å². The molecule has 1 aliphatic rings. The Morgan fingerprint density at radius 2 is 1.87 bits per heavy atom. The lowest BCUT2D eigenvalue weighted by Crippen LogP contribution is -2.47. The van der Waals surface area contributed by atoms with Crippen molar-refractivity contribution in [3.05, 3.63) is 47.6 Å². The summed E-state index contributed by atoms with van der Waals surface area (Å²) in [7, 11) is 0. The Balaban J connectivity index is 1.88. The Morgan fingerprint density at radius 1 is 1.17 bits per heavy atom. The molecule has 122 valence electrons. The summed E-state index contributed by atoms with van der Waals surface area (Å²) in [5.41, 5.74) is 0.117. The minimum absolute atomic E-state index is 0.0863. The molecule has 0 aliphatic heterocycles. The number of carbonyl (C=O) groups excluding carboxylic acids is 1. The number of hydrogen-bond acceptors (Lipinski definition) is 4. The molecule has 1 fully saturated rings. The fourth-order valence-corrected chi connectivity index (χ4v) is 3.09. The van der Waals surface area contributed by atoms with Crippen LogP contribution in [0.3, 0.4) is 0 Å². The summed E-state index contributed by atoms with van der Waals surface area (Å²) in [6.07, 6.45) is 4.95. The highest BCUT2D eigenvalue weighted by atomic mass is 16.5. The molecule has 5 nitrogen and oxygen atoms in total. The summed E-state index contributed by atoms with van der Waals surface area (Å²) in [5, 5.41) is 7.26. The highest BCUT2D eigenvalue weighted by molar-refractivity contribution is 5.94. The van der Waals surface area contributed by atoms with Crippen LogP contribution in [0.2, 0.25) is 0 Å². The first-order chi connectivity index (χ1) is 11.1. The number of amides is 1. The molecule has 1 aromatic heterocycles. The summed E-state index contributed by atoms with van der Waals surface area (Å²) < 4.78 is 5.53. The molecule has 23 heavy (non-hydrogen) atoms. The predicted molar refractivity (Wildman–Crippen MR) is 87.1 cm³/mol. The van der Waals surface area contributed by atoms with E-state index in [9.17, 15) is 4.79 Å². The van der Waals surface area contributed by atoms with Crippen molar-refractivity contribution in [2.75, 3.05) is 0 Å². The smallest absolute Gasteiger partial charge is 0.252 e. The number of hydrogen-bond donors (Lipinski definition) is 1. The van der Waals surface area contributed by atoms with Gasteiger partial charge in [-0.15, -0.1) is 0 Å². The summed E-state index contributed by atoms with van der Waals surface area (Å²) in [6.45, 7) is 4.06. The van der Waals surface area contributed by atoms with Crippen molar-refractivity contribution >= 4 is 5.91 Å². The van der Waals surface area contributed by atoms with Crippen molar-refractivity contribution in [1.29, 1.82) is 0 Å². The van der Waals surface area contributed by atoms with Gasteiger partial charge in [-0.25, -0.2) is 0 Å². The van der Waals surface area contributed by atoms with Crippen molar-refractivity contribution in [2.45, 2.75) is 57.4 Å². The molecule has 0 spiro atoms. The van der Waals surface area contributed by atoms with E-state index in [1.807, 2.05) is 44.2 Å². The second-order valence-electron chi connectivity index (χ2n) is 6.58. The summed E-state index contributed by atoms with van der Waals surface area (Å²) >= 11 is 0. The van der Waals surface area contributed by atoms with Gasteiger partial charge in [0, 0.05) is 11.5 Å². The van der Waals surface area contributed by atoms with Gasteiger partial charge >= 0.3 is 0 Å². The lowest BCUT2D eigenvalue weighted by atomic mass is 9.81. The molecular weight excluding hydrogens is 290 g/mol. The number of nitrogens with one attached hydrogen (secondary N) is 1. The summed E-state index contributed by atoms with van der Waals surface area (Å²) in [6, 6.07) is 9.27. The molecule has 1 heterocycles. The molecule has 1 N–H and O–H groups in total. The molecule has 1 saturated carbocycles. The maximum Gasteiger partial charge on any atom is 0.252 e. The van der Waals surface area contributed by atoms with E-state index in [-0.39, 0.29) is 11.8 Å². The van der Waals surface area contributed by atoms with E-state index in [2.05, 4.69) is 15.5 Å². The Hall–Kier alpha value is -2.17. The third kappa shape index (κ3) is 3.28. The zero-order chi connectivity index (χ0) is 16.3. The highest BCUT2D eigenvalue weighted by Crippen LogP contribution is 2.37.